The fraction of sp³-hybridized carbons (Fsp3) is 0.900. The van der Waals surface area contributed by atoms with Crippen molar-refractivity contribution in [3.8, 4) is 0 Å². The Morgan fingerprint density at radius 2 is 1.83 bits per heavy atom. The summed E-state index contributed by atoms with van der Waals surface area (Å²) in [5, 5.41) is 0. The van der Waals surface area contributed by atoms with Gasteiger partial charge in [0.1, 0.15) is 0 Å². The Hall–Kier alpha value is -0.0400. The SMILES string of the molecule is C1CCC2=NCCCC2CC1.Cl. The average molecular weight is 188 g/mol. The highest BCUT2D eigenvalue weighted by atomic mass is 35.5. The third-order valence-corrected chi connectivity index (χ3v) is 2.98. The first-order valence-electron chi connectivity index (χ1n) is 5.00. The highest BCUT2D eigenvalue weighted by molar-refractivity contribution is 5.87. The zero-order chi connectivity index (χ0) is 7.52. The predicted octanol–water partition coefficient (Wildman–Crippen LogP) is 3.22. The fourth-order valence-corrected chi connectivity index (χ4v) is 2.32. The molecule has 1 heterocycles. The van der Waals surface area contributed by atoms with Crippen molar-refractivity contribution in [1.29, 1.82) is 0 Å². The van der Waals surface area contributed by atoms with Crippen molar-refractivity contribution in [1.82, 2.24) is 0 Å². The molecule has 1 unspecified atom stereocenters. The second-order valence-electron chi connectivity index (χ2n) is 3.81. The van der Waals surface area contributed by atoms with Gasteiger partial charge in [0.05, 0.1) is 0 Å². The van der Waals surface area contributed by atoms with E-state index >= 15 is 0 Å². The summed E-state index contributed by atoms with van der Waals surface area (Å²) in [7, 11) is 0. The Balaban J connectivity index is 0.000000720. The first-order valence-corrected chi connectivity index (χ1v) is 5.00. The minimum absolute atomic E-state index is 0. The first kappa shape index (κ1) is 10.0. The van der Waals surface area contributed by atoms with Gasteiger partial charge in [-0.05, 0) is 38.0 Å². The molecule has 0 N–H and O–H groups in total. The van der Waals surface area contributed by atoms with Crippen LogP contribution in [-0.4, -0.2) is 12.3 Å². The molecule has 1 atom stereocenters. The third kappa shape index (κ3) is 2.22. The molecular formula is C10H18ClN. The number of nitrogens with zero attached hydrogens (tertiary/aromatic N) is 1. The minimum Gasteiger partial charge on any atom is -0.294 e. The van der Waals surface area contributed by atoms with E-state index < -0.39 is 0 Å². The minimum atomic E-state index is 0. The van der Waals surface area contributed by atoms with Crippen molar-refractivity contribution in [3.63, 3.8) is 0 Å². The summed E-state index contributed by atoms with van der Waals surface area (Å²) in [6.07, 6.45) is 9.80. The molecule has 1 nitrogen and oxygen atoms in total. The van der Waals surface area contributed by atoms with Gasteiger partial charge in [0, 0.05) is 12.3 Å². The highest BCUT2D eigenvalue weighted by Crippen LogP contribution is 2.27. The van der Waals surface area contributed by atoms with Gasteiger partial charge in [-0.1, -0.05) is 12.8 Å². The highest BCUT2D eigenvalue weighted by Gasteiger charge is 2.20. The van der Waals surface area contributed by atoms with Crippen LogP contribution in [0.5, 0.6) is 0 Å². The molecule has 1 fully saturated rings. The molecule has 1 saturated carbocycles. The van der Waals surface area contributed by atoms with Gasteiger partial charge in [-0.3, -0.25) is 4.99 Å². The first-order chi connectivity index (χ1) is 5.47. The summed E-state index contributed by atoms with van der Waals surface area (Å²) in [4.78, 5) is 4.63. The summed E-state index contributed by atoms with van der Waals surface area (Å²) >= 11 is 0. The number of hydrogen-bond donors (Lipinski definition) is 0. The van der Waals surface area contributed by atoms with Crippen LogP contribution in [0.4, 0.5) is 0 Å². The van der Waals surface area contributed by atoms with Crippen LogP contribution in [0, 0.1) is 5.92 Å². The lowest BCUT2D eigenvalue weighted by atomic mass is 9.91. The van der Waals surface area contributed by atoms with Crippen LogP contribution >= 0.6 is 12.4 Å². The Bertz CT molecular complexity index is 165. The average Bonchev–Trinajstić information content (AvgIpc) is 2.28. The van der Waals surface area contributed by atoms with Crippen LogP contribution in [0.1, 0.15) is 44.9 Å². The van der Waals surface area contributed by atoms with Crippen molar-refractivity contribution in [3.05, 3.63) is 0 Å². The van der Waals surface area contributed by atoms with Gasteiger partial charge in [0.15, 0.2) is 0 Å². The molecule has 1 aliphatic heterocycles. The third-order valence-electron chi connectivity index (χ3n) is 2.98. The molecule has 0 amide bonds. The number of halogens is 1. The Kier molecular flexibility index (Phi) is 4.07. The molecule has 0 aromatic rings. The summed E-state index contributed by atoms with van der Waals surface area (Å²) in [6.45, 7) is 1.12. The Morgan fingerprint density at radius 1 is 1.00 bits per heavy atom. The standard InChI is InChI=1S/C10H17N.ClH/c1-2-5-9-6-4-8-11-10(9)7-3-1;/h9H,1-8H2;1H. The molecule has 12 heavy (non-hydrogen) atoms. The maximum Gasteiger partial charge on any atom is 0.0389 e. The normalized spacial score (nSPS) is 29.3. The number of rotatable bonds is 0. The van der Waals surface area contributed by atoms with E-state index in [0.717, 1.165) is 12.5 Å². The van der Waals surface area contributed by atoms with Gasteiger partial charge in [-0.2, -0.15) is 0 Å². The summed E-state index contributed by atoms with van der Waals surface area (Å²) < 4.78 is 0. The van der Waals surface area contributed by atoms with Crippen LogP contribution in [0.15, 0.2) is 4.99 Å². The fourth-order valence-electron chi connectivity index (χ4n) is 2.32. The van der Waals surface area contributed by atoms with Gasteiger partial charge >= 0.3 is 0 Å². The van der Waals surface area contributed by atoms with Crippen molar-refractivity contribution < 1.29 is 0 Å². The molecular weight excluding hydrogens is 170 g/mol. The molecule has 70 valence electrons. The van der Waals surface area contributed by atoms with Gasteiger partial charge in [-0.15, -0.1) is 12.4 Å². The zero-order valence-electron chi connectivity index (χ0n) is 7.59. The van der Waals surface area contributed by atoms with E-state index in [9.17, 15) is 0 Å². The molecule has 0 radical (unpaired) electrons. The zero-order valence-corrected chi connectivity index (χ0v) is 8.41. The summed E-state index contributed by atoms with van der Waals surface area (Å²) in [5.41, 5.74) is 1.56. The van der Waals surface area contributed by atoms with Gasteiger partial charge in [0.2, 0.25) is 0 Å². The molecule has 2 aliphatic rings. The van der Waals surface area contributed by atoms with Crippen LogP contribution in [0.3, 0.4) is 0 Å². The maximum atomic E-state index is 4.63. The largest absolute Gasteiger partial charge is 0.294 e. The summed E-state index contributed by atoms with van der Waals surface area (Å²) in [6, 6.07) is 0. The topological polar surface area (TPSA) is 12.4 Å². The monoisotopic (exact) mass is 187 g/mol. The van der Waals surface area contributed by atoms with Gasteiger partial charge in [0.25, 0.3) is 0 Å². The molecule has 0 aromatic heterocycles. The lowest BCUT2D eigenvalue weighted by Gasteiger charge is -2.20. The predicted molar refractivity (Wildman–Crippen MR) is 55.4 cm³/mol. The molecule has 0 bridgehead atoms. The van der Waals surface area contributed by atoms with E-state index in [1.807, 2.05) is 0 Å². The van der Waals surface area contributed by atoms with E-state index in [0.29, 0.717) is 0 Å². The maximum absolute atomic E-state index is 4.63. The van der Waals surface area contributed by atoms with Crippen molar-refractivity contribution in [2.24, 2.45) is 10.9 Å². The van der Waals surface area contributed by atoms with Crippen LogP contribution in [-0.2, 0) is 0 Å². The lowest BCUT2D eigenvalue weighted by molar-refractivity contribution is 0.519. The van der Waals surface area contributed by atoms with Crippen LogP contribution in [0.25, 0.3) is 0 Å². The van der Waals surface area contributed by atoms with Gasteiger partial charge in [-0.25, -0.2) is 0 Å². The molecule has 1 aliphatic carbocycles. The van der Waals surface area contributed by atoms with Crippen molar-refractivity contribution >= 4 is 18.1 Å². The quantitative estimate of drug-likeness (QED) is 0.552. The van der Waals surface area contributed by atoms with Crippen molar-refractivity contribution in [2.75, 3.05) is 6.54 Å². The number of aliphatic imine (C=N–C) groups is 1. The second-order valence-corrected chi connectivity index (χ2v) is 3.81. The van der Waals surface area contributed by atoms with E-state index in [4.69, 9.17) is 0 Å². The van der Waals surface area contributed by atoms with Crippen molar-refractivity contribution in [2.45, 2.75) is 44.9 Å². The van der Waals surface area contributed by atoms with E-state index in [-0.39, 0.29) is 12.4 Å². The molecule has 0 spiro atoms. The number of hydrogen-bond acceptors (Lipinski definition) is 1. The Labute approximate surface area is 81.1 Å². The van der Waals surface area contributed by atoms with E-state index in [1.165, 1.54) is 44.9 Å². The van der Waals surface area contributed by atoms with E-state index in [1.54, 1.807) is 5.71 Å². The molecule has 0 saturated heterocycles. The number of fused-ring (bicyclic) bond motifs is 1. The Morgan fingerprint density at radius 3 is 2.75 bits per heavy atom. The molecule has 2 heteroatoms. The smallest absolute Gasteiger partial charge is 0.0389 e. The van der Waals surface area contributed by atoms with Crippen LogP contribution in [0.2, 0.25) is 0 Å². The molecule has 2 rings (SSSR count). The lowest BCUT2D eigenvalue weighted by Crippen LogP contribution is -2.17. The summed E-state index contributed by atoms with van der Waals surface area (Å²) in [5.74, 6) is 0.895. The van der Waals surface area contributed by atoms with Crippen LogP contribution < -0.4 is 0 Å². The molecule has 0 aromatic carbocycles. The second kappa shape index (κ2) is 4.86. The van der Waals surface area contributed by atoms with Gasteiger partial charge < -0.3 is 0 Å². The van der Waals surface area contributed by atoms with E-state index in [2.05, 4.69) is 4.99 Å².